The second-order valence-electron chi connectivity index (χ2n) is 4.35. The maximum Gasteiger partial charge on any atom is 0.162 e. The number of ether oxygens (including phenoxy) is 1. The number of nitrogens with two attached hydrogens (primary N) is 1. The van der Waals surface area contributed by atoms with Crippen molar-refractivity contribution in [1.82, 2.24) is 0 Å². The van der Waals surface area contributed by atoms with E-state index in [-0.39, 0.29) is 12.4 Å². The van der Waals surface area contributed by atoms with Gasteiger partial charge in [-0.3, -0.25) is 0 Å². The van der Waals surface area contributed by atoms with Crippen LogP contribution in [0.5, 0.6) is 5.75 Å². The summed E-state index contributed by atoms with van der Waals surface area (Å²) in [5, 5.41) is 9.95. The summed E-state index contributed by atoms with van der Waals surface area (Å²) in [6.45, 7) is 0.384. The molecule has 0 aliphatic carbocycles. The molecule has 0 saturated heterocycles. The SMILES string of the molecule is NCc1ccc(C(O)COc2ccc(F)c(F)c2)cc1. The summed E-state index contributed by atoms with van der Waals surface area (Å²) < 4.78 is 31.0. The van der Waals surface area contributed by atoms with E-state index in [0.29, 0.717) is 12.1 Å². The van der Waals surface area contributed by atoms with Gasteiger partial charge in [0.2, 0.25) is 0 Å². The van der Waals surface area contributed by atoms with Gasteiger partial charge in [-0.05, 0) is 23.3 Å². The van der Waals surface area contributed by atoms with Gasteiger partial charge < -0.3 is 15.6 Å². The average Bonchev–Trinajstić information content (AvgIpc) is 2.48. The van der Waals surface area contributed by atoms with Crippen molar-refractivity contribution >= 4 is 0 Å². The molecular weight excluding hydrogens is 264 g/mol. The molecule has 0 aliphatic heterocycles. The van der Waals surface area contributed by atoms with Crippen LogP contribution >= 0.6 is 0 Å². The van der Waals surface area contributed by atoms with E-state index in [0.717, 1.165) is 17.7 Å². The summed E-state index contributed by atoms with van der Waals surface area (Å²) in [7, 11) is 0. The minimum atomic E-state index is -0.982. The van der Waals surface area contributed by atoms with Gasteiger partial charge in [0.25, 0.3) is 0 Å². The molecule has 0 aromatic heterocycles. The van der Waals surface area contributed by atoms with Crippen LogP contribution in [0, 0.1) is 11.6 Å². The lowest BCUT2D eigenvalue weighted by Crippen LogP contribution is -2.10. The van der Waals surface area contributed by atoms with Gasteiger partial charge >= 0.3 is 0 Å². The van der Waals surface area contributed by atoms with Crippen LogP contribution in [0.25, 0.3) is 0 Å². The van der Waals surface area contributed by atoms with E-state index in [1.165, 1.54) is 6.07 Å². The van der Waals surface area contributed by atoms with E-state index in [9.17, 15) is 13.9 Å². The standard InChI is InChI=1S/C15H15F2NO2/c16-13-6-5-12(7-14(13)17)20-9-15(19)11-3-1-10(8-18)2-4-11/h1-7,15,19H,8-9,18H2. The van der Waals surface area contributed by atoms with E-state index < -0.39 is 17.7 Å². The van der Waals surface area contributed by atoms with Crippen LogP contribution in [0.2, 0.25) is 0 Å². The molecule has 20 heavy (non-hydrogen) atoms. The van der Waals surface area contributed by atoms with Crippen LogP contribution in [-0.4, -0.2) is 11.7 Å². The zero-order chi connectivity index (χ0) is 14.5. The molecule has 3 nitrogen and oxygen atoms in total. The third-order valence-electron chi connectivity index (χ3n) is 2.90. The highest BCUT2D eigenvalue weighted by molar-refractivity contribution is 5.26. The zero-order valence-electron chi connectivity index (χ0n) is 10.7. The summed E-state index contributed by atoms with van der Waals surface area (Å²) in [5.74, 6) is -1.75. The molecule has 1 unspecified atom stereocenters. The fraction of sp³-hybridized carbons (Fsp3) is 0.200. The Labute approximate surface area is 115 Å². The topological polar surface area (TPSA) is 55.5 Å². The summed E-state index contributed by atoms with van der Waals surface area (Å²) in [5.41, 5.74) is 7.12. The minimum Gasteiger partial charge on any atom is -0.490 e. The Hall–Kier alpha value is -1.98. The first-order chi connectivity index (χ1) is 9.60. The van der Waals surface area contributed by atoms with E-state index in [1.807, 2.05) is 12.1 Å². The van der Waals surface area contributed by atoms with Gasteiger partial charge in [-0.25, -0.2) is 8.78 Å². The van der Waals surface area contributed by atoms with Crippen LogP contribution in [0.3, 0.4) is 0 Å². The molecule has 0 saturated carbocycles. The Morgan fingerprint density at radius 1 is 1.05 bits per heavy atom. The molecule has 0 fully saturated rings. The smallest absolute Gasteiger partial charge is 0.162 e. The molecule has 2 aromatic carbocycles. The van der Waals surface area contributed by atoms with Crippen LogP contribution in [-0.2, 0) is 6.54 Å². The van der Waals surface area contributed by atoms with E-state index in [4.69, 9.17) is 10.5 Å². The third-order valence-corrected chi connectivity index (χ3v) is 2.90. The Bertz CT molecular complexity index is 573. The van der Waals surface area contributed by atoms with Crippen molar-refractivity contribution in [2.45, 2.75) is 12.6 Å². The minimum absolute atomic E-state index is 0.0486. The van der Waals surface area contributed by atoms with Crippen molar-refractivity contribution in [3.8, 4) is 5.75 Å². The Kier molecular flexibility index (Phi) is 4.65. The summed E-state index contributed by atoms with van der Waals surface area (Å²) in [4.78, 5) is 0. The molecule has 0 spiro atoms. The zero-order valence-corrected chi connectivity index (χ0v) is 10.7. The van der Waals surface area contributed by atoms with Gasteiger partial charge in [0.05, 0.1) is 0 Å². The first-order valence-corrected chi connectivity index (χ1v) is 6.15. The molecule has 0 radical (unpaired) electrons. The second kappa shape index (κ2) is 6.45. The number of hydrogen-bond acceptors (Lipinski definition) is 3. The predicted octanol–water partition coefficient (Wildman–Crippen LogP) is 2.54. The molecule has 5 heteroatoms. The first kappa shape index (κ1) is 14.4. The van der Waals surface area contributed by atoms with Gasteiger partial charge in [0, 0.05) is 12.6 Å². The van der Waals surface area contributed by atoms with E-state index in [1.54, 1.807) is 12.1 Å². The van der Waals surface area contributed by atoms with Crippen molar-refractivity contribution in [1.29, 1.82) is 0 Å². The number of benzene rings is 2. The van der Waals surface area contributed by atoms with E-state index >= 15 is 0 Å². The number of aliphatic hydroxyl groups excluding tert-OH is 1. The highest BCUT2D eigenvalue weighted by Gasteiger charge is 2.09. The van der Waals surface area contributed by atoms with Gasteiger partial charge in [-0.2, -0.15) is 0 Å². The molecule has 106 valence electrons. The highest BCUT2D eigenvalue weighted by Crippen LogP contribution is 2.19. The Morgan fingerprint density at radius 3 is 2.35 bits per heavy atom. The first-order valence-electron chi connectivity index (χ1n) is 6.15. The molecule has 0 bridgehead atoms. The normalized spacial score (nSPS) is 12.2. The molecule has 0 aliphatic rings. The average molecular weight is 279 g/mol. The van der Waals surface area contributed by atoms with Crippen molar-refractivity contribution in [2.75, 3.05) is 6.61 Å². The lowest BCUT2D eigenvalue weighted by Gasteiger charge is -2.13. The van der Waals surface area contributed by atoms with E-state index in [2.05, 4.69) is 0 Å². The molecular formula is C15H15F2NO2. The third kappa shape index (κ3) is 3.53. The number of halogens is 2. The highest BCUT2D eigenvalue weighted by atomic mass is 19.2. The molecule has 0 amide bonds. The predicted molar refractivity (Wildman–Crippen MR) is 71.1 cm³/mol. The van der Waals surface area contributed by atoms with Gasteiger partial charge in [-0.1, -0.05) is 24.3 Å². The van der Waals surface area contributed by atoms with Crippen LogP contribution < -0.4 is 10.5 Å². The fourth-order valence-corrected chi connectivity index (χ4v) is 1.71. The van der Waals surface area contributed by atoms with Gasteiger partial charge in [0.15, 0.2) is 11.6 Å². The Morgan fingerprint density at radius 2 is 1.75 bits per heavy atom. The second-order valence-corrected chi connectivity index (χ2v) is 4.35. The van der Waals surface area contributed by atoms with Crippen LogP contribution in [0.15, 0.2) is 42.5 Å². The van der Waals surface area contributed by atoms with Gasteiger partial charge in [0.1, 0.15) is 18.5 Å². The van der Waals surface area contributed by atoms with Crippen molar-refractivity contribution in [2.24, 2.45) is 5.73 Å². The lowest BCUT2D eigenvalue weighted by molar-refractivity contribution is 0.108. The summed E-state index contributed by atoms with van der Waals surface area (Å²) in [6, 6.07) is 10.4. The molecule has 2 aromatic rings. The number of hydrogen-bond donors (Lipinski definition) is 2. The van der Waals surface area contributed by atoms with Gasteiger partial charge in [-0.15, -0.1) is 0 Å². The van der Waals surface area contributed by atoms with Crippen LogP contribution in [0.1, 0.15) is 17.2 Å². The van der Waals surface area contributed by atoms with Crippen LogP contribution in [0.4, 0.5) is 8.78 Å². The van der Waals surface area contributed by atoms with Crippen molar-refractivity contribution < 1.29 is 18.6 Å². The number of aliphatic hydroxyl groups is 1. The fourth-order valence-electron chi connectivity index (χ4n) is 1.71. The van der Waals surface area contributed by atoms with Crippen molar-refractivity contribution in [3.63, 3.8) is 0 Å². The molecule has 0 heterocycles. The summed E-state index contributed by atoms with van der Waals surface area (Å²) in [6.07, 6.45) is -0.852. The maximum absolute atomic E-state index is 13.0. The van der Waals surface area contributed by atoms with Crippen molar-refractivity contribution in [3.05, 3.63) is 65.2 Å². The Balaban J connectivity index is 1.96. The summed E-state index contributed by atoms with van der Waals surface area (Å²) >= 11 is 0. The maximum atomic E-state index is 13.0. The largest absolute Gasteiger partial charge is 0.490 e. The monoisotopic (exact) mass is 279 g/mol. The molecule has 3 N–H and O–H groups in total. The lowest BCUT2D eigenvalue weighted by atomic mass is 10.1. The molecule has 1 atom stereocenters. The quantitative estimate of drug-likeness (QED) is 0.884. The number of rotatable bonds is 5. The molecule has 2 rings (SSSR count).